The van der Waals surface area contributed by atoms with E-state index in [1.807, 2.05) is 36.0 Å². The second-order valence-corrected chi connectivity index (χ2v) is 23.5. The van der Waals surface area contributed by atoms with E-state index in [4.69, 9.17) is 9.47 Å². The zero-order chi connectivity index (χ0) is 39.0. The predicted molar refractivity (Wildman–Crippen MR) is 222 cm³/mol. The van der Waals surface area contributed by atoms with Gasteiger partial charge in [0.15, 0.2) is 12.4 Å². The maximum Gasteiger partial charge on any atom is 0.279 e. The van der Waals surface area contributed by atoms with E-state index in [0.717, 1.165) is 106 Å². The number of aryl methyl sites for hydroxylation is 1. The third-order valence-electron chi connectivity index (χ3n) is 12.7. The van der Waals surface area contributed by atoms with Crippen molar-refractivity contribution in [2.75, 3.05) is 33.4 Å². The Hall–Kier alpha value is -3.28. The molecule has 302 valence electrons. The van der Waals surface area contributed by atoms with Crippen LogP contribution in [-0.4, -0.2) is 67.6 Å². The molecular formula is C44H68N5O5Si+. The third-order valence-corrected chi connectivity index (χ3v) is 14.4. The van der Waals surface area contributed by atoms with Crippen LogP contribution in [0.2, 0.25) is 25.7 Å². The highest BCUT2D eigenvalue weighted by molar-refractivity contribution is 6.76. The number of hydrogen-bond donors (Lipinski definition) is 2. The van der Waals surface area contributed by atoms with Crippen molar-refractivity contribution in [2.45, 2.75) is 148 Å². The summed E-state index contributed by atoms with van der Waals surface area (Å²) < 4.78 is 16.5. The summed E-state index contributed by atoms with van der Waals surface area (Å²) in [5.41, 5.74) is 1.89. The summed E-state index contributed by atoms with van der Waals surface area (Å²) in [5.74, 6) is 2.04. The zero-order valence-corrected chi connectivity index (χ0v) is 35.5. The lowest BCUT2D eigenvalue weighted by atomic mass is 9.90. The number of benzene rings is 1. The minimum atomic E-state index is -1.33. The topological polar surface area (TPSA) is 110 Å². The number of carbonyl (C=O) groups excluding carboxylic acids is 2. The van der Waals surface area contributed by atoms with Gasteiger partial charge in [-0.15, -0.1) is 0 Å². The van der Waals surface area contributed by atoms with E-state index in [1.54, 1.807) is 7.11 Å². The molecule has 8 aliphatic rings. The SMILES string of the molecule is CCC(=O)CCCCC[C@@H]1NC(=O)[C@H]2CC23CCN(CCCCCCCCn2ccc4cc(c(OC)cc4c2=O)-c2c[nH]c1[n+]2COCC[Si](C)(C)C)CC3. The van der Waals surface area contributed by atoms with Crippen LogP contribution in [-0.2, 0) is 27.6 Å². The highest BCUT2D eigenvalue weighted by Crippen LogP contribution is 2.59. The van der Waals surface area contributed by atoms with E-state index < -0.39 is 8.07 Å². The summed E-state index contributed by atoms with van der Waals surface area (Å²) in [7, 11) is 0.335. The molecule has 3 aromatic rings. The number of rotatable bonds is 13. The summed E-state index contributed by atoms with van der Waals surface area (Å²) in [6.45, 7) is 14.0. The van der Waals surface area contributed by atoms with Crippen LogP contribution in [0.1, 0.15) is 115 Å². The molecule has 1 spiro atoms. The summed E-state index contributed by atoms with van der Waals surface area (Å²) in [4.78, 5) is 46.3. The van der Waals surface area contributed by atoms with Crippen LogP contribution < -0.4 is 20.2 Å². The molecule has 8 bridgehead atoms. The number of carbonyl (C=O) groups is 2. The van der Waals surface area contributed by atoms with Crippen molar-refractivity contribution in [1.29, 1.82) is 0 Å². The first-order chi connectivity index (χ1) is 26.5. The number of aromatic amines is 1. The number of unbranched alkanes of at least 4 members (excludes halogenated alkanes) is 2. The van der Waals surface area contributed by atoms with E-state index in [0.29, 0.717) is 49.6 Å². The predicted octanol–water partition coefficient (Wildman–Crippen LogP) is 8.15. The number of aromatic nitrogens is 3. The number of ketones is 1. The van der Waals surface area contributed by atoms with Gasteiger partial charge in [0, 0.05) is 46.2 Å². The maximum atomic E-state index is 14.2. The fraction of sp³-hybridized carbons (Fsp3) is 0.682. The molecule has 7 aliphatic heterocycles. The smallest absolute Gasteiger partial charge is 0.279 e. The number of imidazole rings is 1. The van der Waals surface area contributed by atoms with Crippen LogP contribution in [0.5, 0.6) is 5.75 Å². The van der Waals surface area contributed by atoms with E-state index in [1.165, 1.54) is 25.7 Å². The first kappa shape index (κ1) is 41.4. The van der Waals surface area contributed by atoms with Crippen LogP contribution in [0, 0.1) is 11.3 Å². The number of hydrogen-bond acceptors (Lipinski definition) is 6. The molecule has 2 atom stereocenters. The number of nitrogens with one attached hydrogen (secondary N) is 2. The lowest BCUT2D eigenvalue weighted by Gasteiger charge is -2.33. The molecule has 11 rings (SSSR count). The molecule has 9 heterocycles. The first-order valence-electron chi connectivity index (χ1n) is 21.5. The van der Waals surface area contributed by atoms with Gasteiger partial charge in [0.25, 0.3) is 11.4 Å². The van der Waals surface area contributed by atoms with Gasteiger partial charge < -0.3 is 24.3 Å². The van der Waals surface area contributed by atoms with Crippen molar-refractivity contribution in [1.82, 2.24) is 19.8 Å². The molecule has 1 saturated carbocycles. The highest BCUT2D eigenvalue weighted by atomic mass is 28.3. The highest BCUT2D eigenvalue weighted by Gasteiger charge is 2.58. The Labute approximate surface area is 329 Å². The van der Waals surface area contributed by atoms with Crippen molar-refractivity contribution < 1.29 is 23.6 Å². The van der Waals surface area contributed by atoms with Crippen LogP contribution in [0.25, 0.3) is 22.0 Å². The van der Waals surface area contributed by atoms with E-state index in [9.17, 15) is 14.4 Å². The number of nitrogens with zero attached hydrogens (tertiary/aromatic N) is 3. The Kier molecular flexibility index (Phi) is 14.1. The van der Waals surface area contributed by atoms with E-state index in [2.05, 4.69) is 45.5 Å². The molecule has 11 heteroatoms. The average Bonchev–Trinajstić information content (AvgIpc) is 3.71. The molecule has 0 unspecified atom stereocenters. The molecule has 2 aromatic heterocycles. The fourth-order valence-corrected chi connectivity index (χ4v) is 9.62. The van der Waals surface area contributed by atoms with Gasteiger partial charge in [-0.25, -0.2) is 9.55 Å². The summed E-state index contributed by atoms with van der Waals surface area (Å²) in [6, 6.07) is 6.79. The van der Waals surface area contributed by atoms with Crippen LogP contribution >= 0.6 is 0 Å². The molecule has 55 heavy (non-hydrogen) atoms. The van der Waals surface area contributed by atoms with Gasteiger partial charge in [-0.2, -0.15) is 0 Å². The third kappa shape index (κ3) is 10.6. The van der Waals surface area contributed by atoms with E-state index in [-0.39, 0.29) is 28.8 Å². The van der Waals surface area contributed by atoms with Gasteiger partial charge in [0.1, 0.15) is 23.8 Å². The monoisotopic (exact) mass is 774 g/mol. The first-order valence-corrected chi connectivity index (χ1v) is 25.2. The average molecular weight is 775 g/mol. The van der Waals surface area contributed by atoms with Crippen molar-refractivity contribution in [3.63, 3.8) is 0 Å². The van der Waals surface area contributed by atoms with Crippen molar-refractivity contribution in [3.8, 4) is 17.0 Å². The number of methoxy groups -OCH3 is 1. The van der Waals surface area contributed by atoms with Crippen LogP contribution in [0.15, 0.2) is 35.4 Å². The van der Waals surface area contributed by atoms with Crippen molar-refractivity contribution in [2.24, 2.45) is 11.3 Å². The van der Waals surface area contributed by atoms with Crippen LogP contribution in [0.4, 0.5) is 0 Å². The number of ether oxygens (including phenoxy) is 2. The lowest BCUT2D eigenvalue weighted by Crippen LogP contribution is -2.45. The minimum Gasteiger partial charge on any atom is -0.496 e. The van der Waals surface area contributed by atoms with Crippen LogP contribution in [0.3, 0.4) is 0 Å². The number of H-pyrrole nitrogens is 1. The molecule has 0 radical (unpaired) electrons. The Morgan fingerprint density at radius 1 is 0.982 bits per heavy atom. The Balaban J connectivity index is 1.36. The second kappa shape index (κ2) is 18.8. The van der Waals surface area contributed by atoms with E-state index >= 15 is 0 Å². The Morgan fingerprint density at radius 2 is 1.73 bits per heavy atom. The minimum absolute atomic E-state index is 0.00960. The zero-order valence-electron chi connectivity index (χ0n) is 34.5. The van der Waals surface area contributed by atoms with Gasteiger partial charge in [0.2, 0.25) is 5.91 Å². The number of amides is 1. The molecule has 2 fully saturated rings. The molecule has 1 aliphatic carbocycles. The number of pyridine rings is 1. The molecule has 10 nitrogen and oxygen atoms in total. The molecule has 1 saturated heterocycles. The molecule has 2 N–H and O–H groups in total. The second-order valence-electron chi connectivity index (χ2n) is 17.9. The summed E-state index contributed by atoms with van der Waals surface area (Å²) in [6.07, 6.45) is 18.7. The summed E-state index contributed by atoms with van der Waals surface area (Å²) >= 11 is 0. The quantitative estimate of drug-likeness (QED) is 0.103. The molecular weight excluding hydrogens is 707 g/mol. The lowest BCUT2D eigenvalue weighted by molar-refractivity contribution is -0.729. The van der Waals surface area contributed by atoms with Gasteiger partial charge >= 0.3 is 0 Å². The largest absolute Gasteiger partial charge is 0.496 e. The van der Waals surface area contributed by atoms with Gasteiger partial charge in [-0.05, 0) is 99.6 Å². The van der Waals surface area contributed by atoms with Gasteiger partial charge in [-0.1, -0.05) is 65.1 Å². The Morgan fingerprint density at radius 3 is 2.45 bits per heavy atom. The fourth-order valence-electron chi connectivity index (χ4n) is 8.86. The number of Topliss-reactive ketones (excluding diaryl/α,β-unsaturated/α-hetero) is 1. The normalized spacial score (nSPS) is 23.7. The van der Waals surface area contributed by atoms with Crippen molar-refractivity contribution >= 4 is 30.5 Å². The Bertz CT molecular complexity index is 1820. The maximum absolute atomic E-state index is 14.2. The van der Waals surface area contributed by atoms with Gasteiger partial charge in [-0.3, -0.25) is 14.4 Å². The molecule has 1 aromatic carbocycles. The molecule has 1 amide bonds. The van der Waals surface area contributed by atoms with Crippen molar-refractivity contribution in [3.05, 3.63) is 46.8 Å². The summed E-state index contributed by atoms with van der Waals surface area (Å²) in [5, 5.41) is 5.06. The van der Waals surface area contributed by atoms with Gasteiger partial charge in [0.05, 0.1) is 18.1 Å². The number of piperidine rings is 1. The standard InChI is InChI=1S/C44H67N5O5Si/c1-6-34(50)16-12-11-13-17-38-41-45-31-39(49(41)32-54-26-27-55(3,4)5)36-28-33-18-23-48(43(52)35(33)29-40(36)53-2)22-15-10-8-7-9-14-21-47-24-19-44(20-25-47)30-37(44)42(51)46-38/h18,23,28-29,31,37-38H,6-17,19-22,24-27,30,32H2,1-5H3,(H,46,51)/p+1/t37-,38+/m1/s1.